The SMILES string of the molecule is CC(C)C(NC(=O)[C@@H]1CCCN1C(=O)[C@@H](NC(=O)OCc1ccccc1)C(C)C)C(=O)N1C=NC(C(c2ccccc2)c2ccccc2)O1. The fourth-order valence-corrected chi connectivity index (χ4v) is 6.18. The van der Waals surface area contributed by atoms with Crippen molar-refractivity contribution in [1.29, 1.82) is 0 Å². The molecule has 258 valence electrons. The highest BCUT2D eigenvalue weighted by Crippen LogP contribution is 2.33. The van der Waals surface area contributed by atoms with E-state index in [1.807, 2.05) is 119 Å². The summed E-state index contributed by atoms with van der Waals surface area (Å²) in [7, 11) is 0. The second-order valence-electron chi connectivity index (χ2n) is 13.1. The minimum absolute atomic E-state index is 0.0659. The summed E-state index contributed by atoms with van der Waals surface area (Å²) in [6, 6.07) is 26.3. The van der Waals surface area contributed by atoms with Crippen LogP contribution in [0.15, 0.2) is 96.0 Å². The van der Waals surface area contributed by atoms with Crippen LogP contribution < -0.4 is 10.6 Å². The van der Waals surface area contributed by atoms with Crippen molar-refractivity contribution >= 4 is 30.2 Å². The van der Waals surface area contributed by atoms with Gasteiger partial charge >= 0.3 is 6.09 Å². The van der Waals surface area contributed by atoms with Gasteiger partial charge in [0.05, 0.1) is 5.92 Å². The Morgan fingerprint density at radius 2 is 1.35 bits per heavy atom. The molecule has 0 aliphatic carbocycles. The molecular formula is C38H45N5O6. The van der Waals surface area contributed by atoms with E-state index in [1.54, 1.807) is 0 Å². The molecule has 4 atom stereocenters. The quantitative estimate of drug-likeness (QED) is 0.279. The number of alkyl carbamates (subject to hydrolysis) is 1. The Labute approximate surface area is 287 Å². The van der Waals surface area contributed by atoms with Crippen LogP contribution in [-0.4, -0.2) is 71.0 Å². The van der Waals surface area contributed by atoms with E-state index in [1.165, 1.54) is 11.2 Å². The number of hydroxylamine groups is 2. The van der Waals surface area contributed by atoms with E-state index in [4.69, 9.17) is 9.57 Å². The summed E-state index contributed by atoms with van der Waals surface area (Å²) in [5.41, 5.74) is 2.80. The molecule has 2 heterocycles. The maximum Gasteiger partial charge on any atom is 0.408 e. The van der Waals surface area contributed by atoms with Gasteiger partial charge < -0.3 is 20.3 Å². The number of likely N-dealkylation sites (tertiary alicyclic amines) is 1. The zero-order valence-corrected chi connectivity index (χ0v) is 28.4. The molecule has 11 heteroatoms. The van der Waals surface area contributed by atoms with Crippen molar-refractivity contribution in [3.8, 4) is 0 Å². The number of aliphatic imine (C=N–C) groups is 1. The second-order valence-corrected chi connectivity index (χ2v) is 13.1. The molecule has 3 aromatic carbocycles. The van der Waals surface area contributed by atoms with Gasteiger partial charge in [0.2, 0.25) is 11.8 Å². The van der Waals surface area contributed by atoms with Crippen LogP contribution in [0.3, 0.4) is 0 Å². The predicted molar refractivity (Wildman–Crippen MR) is 185 cm³/mol. The molecular weight excluding hydrogens is 622 g/mol. The zero-order valence-electron chi connectivity index (χ0n) is 28.4. The molecule has 11 nitrogen and oxygen atoms in total. The molecule has 1 fully saturated rings. The third-order valence-electron chi connectivity index (χ3n) is 8.85. The minimum atomic E-state index is -0.936. The minimum Gasteiger partial charge on any atom is -0.445 e. The first kappa shape index (κ1) is 35.3. The van der Waals surface area contributed by atoms with Gasteiger partial charge in [-0.25, -0.2) is 14.6 Å². The molecule has 49 heavy (non-hydrogen) atoms. The third kappa shape index (κ3) is 8.72. The molecule has 2 N–H and O–H groups in total. The van der Waals surface area contributed by atoms with E-state index in [0.717, 1.165) is 21.8 Å². The maximum atomic E-state index is 13.8. The number of nitrogens with zero attached hydrogens (tertiary/aromatic N) is 3. The van der Waals surface area contributed by atoms with Crippen molar-refractivity contribution in [1.82, 2.24) is 20.6 Å². The molecule has 2 aliphatic heterocycles. The molecule has 4 amide bonds. The highest BCUT2D eigenvalue weighted by atomic mass is 16.7. The smallest absolute Gasteiger partial charge is 0.408 e. The summed E-state index contributed by atoms with van der Waals surface area (Å²) in [5.74, 6) is -2.09. The summed E-state index contributed by atoms with van der Waals surface area (Å²) in [6.07, 6.45) is 1.000. The lowest BCUT2D eigenvalue weighted by Crippen LogP contribution is -2.58. The third-order valence-corrected chi connectivity index (χ3v) is 8.85. The van der Waals surface area contributed by atoms with Crippen LogP contribution in [0.25, 0.3) is 0 Å². The molecule has 0 bridgehead atoms. The molecule has 0 aromatic heterocycles. The first-order valence-corrected chi connectivity index (χ1v) is 16.8. The van der Waals surface area contributed by atoms with E-state index in [9.17, 15) is 19.2 Å². The van der Waals surface area contributed by atoms with Gasteiger partial charge in [0.1, 0.15) is 31.1 Å². The monoisotopic (exact) mass is 667 g/mol. The van der Waals surface area contributed by atoms with Gasteiger partial charge in [0.15, 0.2) is 6.23 Å². The van der Waals surface area contributed by atoms with Crippen LogP contribution in [0, 0.1) is 11.8 Å². The standard InChI is InChI=1S/C38H45N5O6/c1-25(2)32(41-38(47)48-23-27-15-8-5-9-16-27)36(45)42-22-14-21-30(42)34(44)40-33(26(3)4)37(46)43-24-39-35(49-43)31(28-17-10-6-11-18-28)29-19-12-7-13-20-29/h5-13,15-20,24-26,30-33,35H,14,21-23H2,1-4H3,(H,40,44)(H,41,47)/t30-,32-,33?,35?/m0/s1. The topological polar surface area (TPSA) is 130 Å². The van der Waals surface area contributed by atoms with Gasteiger partial charge in [0.25, 0.3) is 5.91 Å². The lowest BCUT2D eigenvalue weighted by atomic mass is 9.90. The largest absolute Gasteiger partial charge is 0.445 e. The number of hydrogen-bond donors (Lipinski definition) is 2. The molecule has 3 aromatic rings. The number of nitrogens with one attached hydrogen (secondary N) is 2. The fourth-order valence-electron chi connectivity index (χ4n) is 6.18. The van der Waals surface area contributed by atoms with Crippen molar-refractivity contribution in [2.45, 2.75) is 77.4 Å². The second kappa shape index (κ2) is 16.4. The van der Waals surface area contributed by atoms with Gasteiger partial charge in [0, 0.05) is 6.54 Å². The van der Waals surface area contributed by atoms with E-state index in [0.29, 0.717) is 19.4 Å². The van der Waals surface area contributed by atoms with Crippen LogP contribution in [0.2, 0.25) is 0 Å². The van der Waals surface area contributed by atoms with Crippen molar-refractivity contribution in [3.05, 3.63) is 108 Å². The molecule has 0 spiro atoms. The Morgan fingerprint density at radius 3 is 1.92 bits per heavy atom. The van der Waals surface area contributed by atoms with Crippen molar-refractivity contribution in [2.75, 3.05) is 6.54 Å². The predicted octanol–water partition coefficient (Wildman–Crippen LogP) is 5.03. The van der Waals surface area contributed by atoms with Gasteiger partial charge in [-0.05, 0) is 41.4 Å². The number of amides is 4. The van der Waals surface area contributed by atoms with Gasteiger partial charge in [-0.15, -0.1) is 0 Å². The summed E-state index contributed by atoms with van der Waals surface area (Å²) in [5, 5.41) is 6.70. The summed E-state index contributed by atoms with van der Waals surface area (Å²) < 4.78 is 5.36. The van der Waals surface area contributed by atoms with E-state index in [-0.39, 0.29) is 30.3 Å². The summed E-state index contributed by atoms with van der Waals surface area (Å²) in [4.78, 5) is 66.2. The van der Waals surface area contributed by atoms with Crippen LogP contribution >= 0.6 is 0 Å². The highest BCUT2D eigenvalue weighted by molar-refractivity contribution is 5.96. The Bertz CT molecular complexity index is 1560. The average molecular weight is 668 g/mol. The Balaban J connectivity index is 1.23. The molecule has 1 saturated heterocycles. The molecule has 2 unspecified atom stereocenters. The van der Waals surface area contributed by atoms with Gasteiger partial charge in [-0.2, -0.15) is 5.06 Å². The van der Waals surface area contributed by atoms with Crippen molar-refractivity contribution in [2.24, 2.45) is 16.8 Å². The Kier molecular flexibility index (Phi) is 11.8. The zero-order chi connectivity index (χ0) is 34.9. The summed E-state index contributed by atoms with van der Waals surface area (Å²) in [6.45, 7) is 7.73. The van der Waals surface area contributed by atoms with E-state index < -0.39 is 42.3 Å². The van der Waals surface area contributed by atoms with Crippen LogP contribution in [-0.2, 0) is 30.6 Å². The number of benzene rings is 3. The Morgan fingerprint density at radius 1 is 0.796 bits per heavy atom. The molecule has 0 saturated carbocycles. The summed E-state index contributed by atoms with van der Waals surface area (Å²) >= 11 is 0. The maximum absolute atomic E-state index is 13.8. The fraction of sp³-hybridized carbons (Fsp3) is 0.395. The van der Waals surface area contributed by atoms with Crippen molar-refractivity contribution in [3.63, 3.8) is 0 Å². The Hall–Kier alpha value is -5.03. The first-order valence-electron chi connectivity index (χ1n) is 16.8. The molecule has 5 rings (SSSR count). The van der Waals surface area contributed by atoms with E-state index in [2.05, 4.69) is 15.6 Å². The van der Waals surface area contributed by atoms with Gasteiger partial charge in [-0.3, -0.25) is 14.4 Å². The number of carbonyl (C=O) groups is 4. The highest BCUT2D eigenvalue weighted by Gasteiger charge is 2.42. The lowest BCUT2D eigenvalue weighted by molar-refractivity contribution is -0.173. The van der Waals surface area contributed by atoms with Crippen LogP contribution in [0.4, 0.5) is 4.79 Å². The average Bonchev–Trinajstić information content (AvgIpc) is 3.80. The lowest BCUT2D eigenvalue weighted by Gasteiger charge is -2.32. The molecule has 2 aliphatic rings. The van der Waals surface area contributed by atoms with E-state index >= 15 is 0 Å². The molecule has 0 radical (unpaired) electrons. The number of rotatable bonds is 12. The number of hydrogen-bond acceptors (Lipinski definition) is 7. The first-order chi connectivity index (χ1) is 23.6. The van der Waals surface area contributed by atoms with Crippen LogP contribution in [0.1, 0.15) is 63.1 Å². The number of carbonyl (C=O) groups excluding carboxylic acids is 4. The van der Waals surface area contributed by atoms with Crippen LogP contribution in [0.5, 0.6) is 0 Å². The van der Waals surface area contributed by atoms with Gasteiger partial charge in [-0.1, -0.05) is 119 Å². The van der Waals surface area contributed by atoms with Crippen molar-refractivity contribution < 1.29 is 28.8 Å². The normalized spacial score (nSPS) is 18.5. The number of ether oxygens (including phenoxy) is 1.